The molecule has 16 atom stereocenters. The maximum atomic E-state index is 14.6. The number of aliphatic hydroxyl groups excluding tert-OH is 2. The summed E-state index contributed by atoms with van der Waals surface area (Å²) in [6, 6.07) is 2.41. The standard InChI is InChI=1S/C40H54N2O10/c1-36(2)31-30(45)32(46)38(4)27(39(31)17-49-29(44)15-28(39)51-36)9-11-37(3)33(50-35(47)34-40(37,38)52-34)22-10-12-48-26(22)14-23-21-7-5-20(24-16-41-18-42-24)13-19(21)6-8-25(23)43/h10,12,19-21,23-25,27-28,31-34,41-43,46H,5-9,11,13-18H2,1-4H3/t19-,20-,21+,23-,24+,25+,27+,28+,31-,32-,33+,34-,37+,38+,39+,40-/m1/s1. The third kappa shape index (κ3) is 4.12. The van der Waals surface area contributed by atoms with Crippen LogP contribution < -0.4 is 10.6 Å². The van der Waals surface area contributed by atoms with Gasteiger partial charge in [0.1, 0.15) is 30.2 Å². The summed E-state index contributed by atoms with van der Waals surface area (Å²) in [6.45, 7) is 9.64. The first-order chi connectivity index (χ1) is 24.8. The van der Waals surface area contributed by atoms with Crippen molar-refractivity contribution >= 4 is 17.7 Å². The lowest BCUT2D eigenvalue weighted by atomic mass is 9.36. The van der Waals surface area contributed by atoms with Crippen LogP contribution in [0.1, 0.15) is 96.5 Å². The molecule has 9 aliphatic rings. The molecule has 2 spiro atoms. The van der Waals surface area contributed by atoms with Crippen molar-refractivity contribution in [2.75, 3.05) is 19.8 Å². The molecule has 4 saturated carbocycles. The number of hydrogen-bond donors (Lipinski definition) is 4. The van der Waals surface area contributed by atoms with Crippen molar-refractivity contribution in [3.8, 4) is 0 Å². The number of fused-ring (bicyclic) bond motifs is 2. The third-order valence-corrected chi connectivity index (χ3v) is 16.7. The molecule has 0 bridgehead atoms. The Bertz CT molecular complexity index is 1690. The molecule has 52 heavy (non-hydrogen) atoms. The van der Waals surface area contributed by atoms with Crippen LogP contribution in [-0.4, -0.2) is 89.4 Å². The normalized spacial score (nSPS) is 53.0. The highest BCUT2D eigenvalue weighted by atomic mass is 16.7. The van der Waals surface area contributed by atoms with Crippen LogP contribution in [0.3, 0.4) is 0 Å². The fraction of sp³-hybridized carbons (Fsp3) is 0.825. The number of ketones is 1. The van der Waals surface area contributed by atoms with Gasteiger partial charge in [0.2, 0.25) is 0 Å². The lowest BCUT2D eigenvalue weighted by Gasteiger charge is -2.66. The molecule has 6 heterocycles. The maximum Gasteiger partial charge on any atom is 0.339 e. The topological polar surface area (TPSA) is 169 Å². The first-order valence-electron chi connectivity index (χ1n) is 19.9. The number of carbonyl (C=O) groups excluding carboxylic acids is 3. The zero-order valence-corrected chi connectivity index (χ0v) is 30.7. The van der Waals surface area contributed by atoms with Crippen molar-refractivity contribution in [3.05, 3.63) is 23.7 Å². The van der Waals surface area contributed by atoms with E-state index in [1.54, 1.807) is 6.26 Å². The van der Waals surface area contributed by atoms with E-state index in [1.807, 2.05) is 26.8 Å². The van der Waals surface area contributed by atoms with E-state index in [1.165, 1.54) is 6.42 Å². The average Bonchev–Trinajstić information content (AvgIpc) is 3.37. The molecule has 10 rings (SSSR count). The summed E-state index contributed by atoms with van der Waals surface area (Å²) in [6.07, 6.45) is 4.53. The summed E-state index contributed by atoms with van der Waals surface area (Å²) in [5.74, 6) is 0.129. The minimum atomic E-state index is -1.42. The quantitative estimate of drug-likeness (QED) is 0.265. The van der Waals surface area contributed by atoms with Crippen molar-refractivity contribution in [3.63, 3.8) is 0 Å². The fourth-order valence-electron chi connectivity index (χ4n) is 14.6. The highest BCUT2D eigenvalue weighted by Gasteiger charge is 2.90. The van der Waals surface area contributed by atoms with Gasteiger partial charge in [0.05, 0.1) is 36.4 Å². The molecule has 284 valence electrons. The number of Topliss-reactive ketones (excluding diaryl/α,β-unsaturated/α-hetero) is 1. The summed E-state index contributed by atoms with van der Waals surface area (Å²) < 4.78 is 31.5. The van der Waals surface area contributed by atoms with Crippen LogP contribution in [0.2, 0.25) is 0 Å². The predicted octanol–water partition coefficient (Wildman–Crippen LogP) is 2.97. The van der Waals surface area contributed by atoms with E-state index in [2.05, 4.69) is 17.6 Å². The van der Waals surface area contributed by atoms with Crippen LogP contribution in [0, 0.1) is 51.8 Å². The Morgan fingerprint density at radius 3 is 2.56 bits per heavy atom. The van der Waals surface area contributed by atoms with Gasteiger partial charge < -0.3 is 44.2 Å². The lowest BCUT2D eigenvalue weighted by Crippen LogP contribution is -2.76. The van der Waals surface area contributed by atoms with Crippen molar-refractivity contribution in [1.29, 1.82) is 0 Å². The Labute approximate surface area is 304 Å². The summed E-state index contributed by atoms with van der Waals surface area (Å²) in [7, 11) is 0. The number of hydrogen-bond acceptors (Lipinski definition) is 12. The summed E-state index contributed by atoms with van der Waals surface area (Å²) in [5.41, 5.74) is -4.21. The van der Waals surface area contributed by atoms with Gasteiger partial charge in [0.15, 0.2) is 11.9 Å². The zero-order valence-electron chi connectivity index (χ0n) is 30.7. The van der Waals surface area contributed by atoms with E-state index in [4.69, 9.17) is 23.4 Å². The van der Waals surface area contributed by atoms with Crippen molar-refractivity contribution < 1.29 is 48.0 Å². The second-order valence-corrected chi connectivity index (χ2v) is 19.0. The first-order valence-corrected chi connectivity index (χ1v) is 19.9. The highest BCUT2D eigenvalue weighted by molar-refractivity contribution is 5.92. The van der Waals surface area contributed by atoms with Crippen molar-refractivity contribution in [2.24, 2.45) is 51.8 Å². The maximum absolute atomic E-state index is 14.6. The molecule has 4 N–H and O–H groups in total. The van der Waals surface area contributed by atoms with Gasteiger partial charge in [0.25, 0.3) is 0 Å². The number of esters is 2. The molecule has 9 fully saturated rings. The second-order valence-electron chi connectivity index (χ2n) is 19.0. The van der Waals surface area contributed by atoms with Gasteiger partial charge in [0, 0.05) is 47.5 Å². The number of rotatable bonds is 4. The number of ether oxygens (including phenoxy) is 4. The van der Waals surface area contributed by atoms with E-state index in [-0.39, 0.29) is 36.6 Å². The third-order valence-electron chi connectivity index (χ3n) is 16.7. The molecule has 1 aromatic heterocycles. The average molecular weight is 723 g/mol. The molecule has 4 aliphatic carbocycles. The summed E-state index contributed by atoms with van der Waals surface area (Å²) >= 11 is 0. The minimum Gasteiger partial charge on any atom is -0.469 e. The Morgan fingerprint density at radius 1 is 0.962 bits per heavy atom. The Balaban J connectivity index is 0.989. The molecule has 0 amide bonds. The van der Waals surface area contributed by atoms with Crippen LogP contribution in [0.4, 0.5) is 0 Å². The molecule has 5 aliphatic heterocycles. The summed E-state index contributed by atoms with van der Waals surface area (Å²) in [5, 5.41) is 30.8. The SMILES string of the molecule is CC1(C)O[C@H]2CC(=O)OC[C@@]23[C@@H]1C(=O)[C@@H](O)[C@]1(C)[C@@H]3CC[C@@]2(C)[C@H](c3ccoc3C[C@@H]3[C@H]4CC[C@@H]([C@@H]5CNCN5)C[C@H]4CC[C@@H]3O)OC(=O)[C@H]3O[C@@]312. The van der Waals surface area contributed by atoms with Gasteiger partial charge >= 0.3 is 11.9 Å². The molecule has 12 nitrogen and oxygen atoms in total. The van der Waals surface area contributed by atoms with Gasteiger partial charge in [-0.25, -0.2) is 4.79 Å². The van der Waals surface area contributed by atoms with E-state index >= 15 is 0 Å². The predicted molar refractivity (Wildman–Crippen MR) is 182 cm³/mol. The van der Waals surface area contributed by atoms with E-state index < -0.39 is 69.9 Å². The molecule has 12 heteroatoms. The van der Waals surface area contributed by atoms with E-state index in [0.717, 1.165) is 50.2 Å². The minimum absolute atomic E-state index is 0.0290. The number of cyclic esters (lactones) is 2. The van der Waals surface area contributed by atoms with Gasteiger partial charge in [-0.3, -0.25) is 9.59 Å². The molecule has 0 unspecified atom stereocenters. The Kier molecular flexibility index (Phi) is 7.31. The highest BCUT2D eigenvalue weighted by Crippen LogP contribution is 2.80. The monoisotopic (exact) mass is 722 g/mol. The number of nitrogens with one attached hydrogen (secondary N) is 2. The fourth-order valence-corrected chi connectivity index (χ4v) is 14.6. The second kappa shape index (κ2) is 11.1. The number of epoxide rings is 1. The van der Waals surface area contributed by atoms with Crippen LogP contribution in [-0.2, 0) is 39.8 Å². The Hall–Kier alpha value is -2.35. The smallest absolute Gasteiger partial charge is 0.339 e. The Morgan fingerprint density at radius 2 is 1.77 bits per heavy atom. The molecule has 0 aromatic carbocycles. The molecule has 1 aromatic rings. The van der Waals surface area contributed by atoms with Crippen LogP contribution in [0.15, 0.2) is 16.7 Å². The lowest BCUT2D eigenvalue weighted by molar-refractivity contribution is -0.252. The molecular formula is C40H54N2O10. The largest absolute Gasteiger partial charge is 0.469 e. The number of carbonyl (C=O) groups is 3. The number of aliphatic hydroxyl groups is 2. The number of furan rings is 1. The first kappa shape index (κ1) is 34.2. The van der Waals surface area contributed by atoms with Gasteiger partial charge in [-0.1, -0.05) is 13.8 Å². The van der Waals surface area contributed by atoms with E-state index in [0.29, 0.717) is 43.1 Å². The van der Waals surface area contributed by atoms with Crippen molar-refractivity contribution in [2.45, 2.75) is 133 Å². The molecular weight excluding hydrogens is 668 g/mol. The van der Waals surface area contributed by atoms with Crippen LogP contribution in [0.25, 0.3) is 0 Å². The molecule has 5 saturated heterocycles. The van der Waals surface area contributed by atoms with Crippen LogP contribution in [0.5, 0.6) is 0 Å². The van der Waals surface area contributed by atoms with Gasteiger partial charge in [-0.15, -0.1) is 0 Å². The van der Waals surface area contributed by atoms with Gasteiger partial charge in [-0.05, 0) is 94.4 Å². The van der Waals surface area contributed by atoms with E-state index in [9.17, 15) is 24.6 Å². The van der Waals surface area contributed by atoms with Crippen LogP contribution >= 0.6 is 0 Å². The molecule has 0 radical (unpaired) electrons. The zero-order chi connectivity index (χ0) is 36.2. The van der Waals surface area contributed by atoms with Crippen molar-refractivity contribution in [1.82, 2.24) is 10.6 Å². The summed E-state index contributed by atoms with van der Waals surface area (Å²) in [4.78, 5) is 41.2. The van der Waals surface area contributed by atoms with Gasteiger partial charge in [-0.2, -0.15) is 0 Å².